The molecular weight excluding hydrogens is 330 g/mol. The van der Waals surface area contributed by atoms with Crippen LogP contribution in [0, 0.1) is 5.92 Å². The van der Waals surface area contributed by atoms with Crippen molar-refractivity contribution in [3.8, 4) is 11.5 Å². The summed E-state index contributed by atoms with van der Waals surface area (Å²) in [6, 6.07) is 7.73. The smallest absolute Gasteiger partial charge is 0.161 e. The number of likely N-dealkylation sites (tertiary alicyclic amines) is 1. The fraction of sp³-hybridized carbons (Fsp3) is 0.500. The summed E-state index contributed by atoms with van der Waals surface area (Å²) < 4.78 is 11.7. The van der Waals surface area contributed by atoms with Gasteiger partial charge >= 0.3 is 0 Å². The second kappa shape index (κ2) is 8.96. The van der Waals surface area contributed by atoms with Crippen LogP contribution in [0.2, 0.25) is 0 Å². The Hall–Kier alpha value is -2.18. The van der Waals surface area contributed by atoms with E-state index in [1.165, 1.54) is 0 Å². The lowest BCUT2D eigenvalue weighted by Crippen LogP contribution is -2.27. The fourth-order valence-corrected chi connectivity index (χ4v) is 3.23. The third-order valence-electron chi connectivity index (χ3n) is 4.45. The Labute approximate surface area is 154 Å². The number of aliphatic hydroxyl groups excluding tert-OH is 1. The zero-order valence-corrected chi connectivity index (χ0v) is 15.4. The van der Waals surface area contributed by atoms with Crippen LogP contribution in [-0.2, 0) is 6.42 Å². The summed E-state index contributed by atoms with van der Waals surface area (Å²) in [5.41, 5.74) is 0.925. The Bertz CT molecular complexity index is 681. The van der Waals surface area contributed by atoms with Crippen LogP contribution in [0.3, 0.4) is 0 Å². The van der Waals surface area contributed by atoms with E-state index in [-0.39, 0.29) is 18.1 Å². The molecule has 0 unspecified atom stereocenters. The molecule has 2 heterocycles. The fourth-order valence-electron chi connectivity index (χ4n) is 3.23. The maximum absolute atomic E-state index is 10.3. The van der Waals surface area contributed by atoms with E-state index >= 15 is 0 Å². The number of β-amino-alcohol motifs (C(OH)–C–C–N with tert-alkyl or cyclic N) is 1. The van der Waals surface area contributed by atoms with Crippen LogP contribution >= 0.6 is 0 Å². The summed E-state index contributed by atoms with van der Waals surface area (Å²) >= 11 is 0. The van der Waals surface area contributed by atoms with Gasteiger partial charge in [0.25, 0.3) is 0 Å². The molecule has 2 aromatic rings. The Kier molecular flexibility index (Phi) is 6.41. The molecule has 0 amide bonds. The van der Waals surface area contributed by atoms with Crippen LogP contribution in [0.25, 0.3) is 0 Å². The molecule has 1 aromatic carbocycles. The number of benzene rings is 1. The highest BCUT2D eigenvalue weighted by Gasteiger charge is 2.31. The van der Waals surface area contributed by atoms with Crippen molar-refractivity contribution in [1.29, 1.82) is 0 Å². The molecule has 3 rings (SSSR count). The SMILES string of the molecule is CC(C)Oc1ccccc1OCCN1C[C@@H](Cc2cnccn2)[C@H](O)C1. The molecule has 6 heteroatoms. The number of hydrogen-bond acceptors (Lipinski definition) is 6. The lowest BCUT2D eigenvalue weighted by molar-refractivity contribution is 0.138. The number of rotatable bonds is 8. The van der Waals surface area contributed by atoms with Crippen LogP contribution in [0.15, 0.2) is 42.9 Å². The van der Waals surface area contributed by atoms with Gasteiger partial charge in [-0.25, -0.2) is 0 Å². The van der Waals surface area contributed by atoms with Gasteiger partial charge in [-0.15, -0.1) is 0 Å². The van der Waals surface area contributed by atoms with Crippen LogP contribution in [0.1, 0.15) is 19.5 Å². The van der Waals surface area contributed by atoms with E-state index in [9.17, 15) is 5.11 Å². The average molecular weight is 357 g/mol. The van der Waals surface area contributed by atoms with Gasteiger partial charge in [0.1, 0.15) is 6.61 Å². The number of nitrogens with zero attached hydrogens (tertiary/aromatic N) is 3. The molecular formula is C20H27N3O3. The maximum Gasteiger partial charge on any atom is 0.161 e. The first-order valence-electron chi connectivity index (χ1n) is 9.15. The lowest BCUT2D eigenvalue weighted by Gasteiger charge is -2.18. The minimum absolute atomic E-state index is 0.107. The topological polar surface area (TPSA) is 67.7 Å². The average Bonchev–Trinajstić information content (AvgIpc) is 2.96. The molecule has 2 atom stereocenters. The lowest BCUT2D eigenvalue weighted by atomic mass is 10.0. The molecule has 0 spiro atoms. The first-order valence-corrected chi connectivity index (χ1v) is 9.15. The van der Waals surface area contributed by atoms with Gasteiger partial charge in [0.15, 0.2) is 11.5 Å². The standard InChI is InChI=1S/C20H27N3O3/c1-15(2)26-20-6-4-3-5-19(20)25-10-9-23-13-16(18(24)14-23)11-17-12-21-7-8-22-17/h3-8,12,15-16,18,24H,9-11,13-14H2,1-2H3/t16-,18-/m1/s1. The molecule has 0 bridgehead atoms. The van der Waals surface area contributed by atoms with Gasteiger partial charge in [0, 0.05) is 44.1 Å². The highest BCUT2D eigenvalue weighted by molar-refractivity contribution is 5.39. The number of para-hydroxylation sites is 2. The second-order valence-corrected chi connectivity index (χ2v) is 6.95. The Balaban J connectivity index is 1.47. The zero-order chi connectivity index (χ0) is 18.4. The number of hydrogen-bond donors (Lipinski definition) is 1. The highest BCUT2D eigenvalue weighted by Crippen LogP contribution is 2.27. The van der Waals surface area contributed by atoms with Gasteiger partial charge in [-0.3, -0.25) is 14.9 Å². The minimum atomic E-state index is -0.339. The Morgan fingerprint density at radius 2 is 2.00 bits per heavy atom. The summed E-state index contributed by atoms with van der Waals surface area (Å²) in [5, 5.41) is 10.3. The Morgan fingerprint density at radius 1 is 1.19 bits per heavy atom. The van der Waals surface area contributed by atoms with E-state index in [2.05, 4.69) is 14.9 Å². The molecule has 1 saturated heterocycles. The summed E-state index contributed by atoms with van der Waals surface area (Å²) in [6.07, 6.45) is 5.64. The van der Waals surface area contributed by atoms with E-state index in [0.717, 1.165) is 36.7 Å². The molecule has 26 heavy (non-hydrogen) atoms. The quantitative estimate of drug-likeness (QED) is 0.781. The molecule has 0 saturated carbocycles. The number of aliphatic hydroxyl groups is 1. The Morgan fingerprint density at radius 3 is 2.73 bits per heavy atom. The highest BCUT2D eigenvalue weighted by atomic mass is 16.5. The van der Waals surface area contributed by atoms with Crippen LogP contribution in [-0.4, -0.2) is 58.4 Å². The van der Waals surface area contributed by atoms with Crippen LogP contribution < -0.4 is 9.47 Å². The largest absolute Gasteiger partial charge is 0.488 e. The van der Waals surface area contributed by atoms with Gasteiger partial charge in [-0.1, -0.05) is 12.1 Å². The van der Waals surface area contributed by atoms with Gasteiger partial charge in [0.05, 0.1) is 17.9 Å². The van der Waals surface area contributed by atoms with Gasteiger partial charge in [-0.2, -0.15) is 0 Å². The van der Waals surface area contributed by atoms with E-state index in [1.54, 1.807) is 18.6 Å². The molecule has 1 fully saturated rings. The van der Waals surface area contributed by atoms with Crippen molar-refractivity contribution >= 4 is 0 Å². The van der Waals surface area contributed by atoms with Gasteiger partial charge in [-0.05, 0) is 32.4 Å². The summed E-state index contributed by atoms with van der Waals surface area (Å²) in [5.74, 6) is 1.71. The van der Waals surface area contributed by atoms with Crippen molar-refractivity contribution in [2.24, 2.45) is 5.92 Å². The monoisotopic (exact) mass is 357 g/mol. The van der Waals surface area contributed by atoms with E-state index in [4.69, 9.17) is 9.47 Å². The molecule has 1 aliphatic heterocycles. The van der Waals surface area contributed by atoms with Crippen molar-refractivity contribution in [3.63, 3.8) is 0 Å². The number of ether oxygens (including phenoxy) is 2. The first-order chi connectivity index (χ1) is 12.6. The third-order valence-corrected chi connectivity index (χ3v) is 4.45. The summed E-state index contributed by atoms with van der Waals surface area (Å²) in [4.78, 5) is 10.6. The van der Waals surface area contributed by atoms with Crippen molar-refractivity contribution in [1.82, 2.24) is 14.9 Å². The molecule has 6 nitrogen and oxygen atoms in total. The van der Waals surface area contributed by atoms with Crippen molar-refractivity contribution in [3.05, 3.63) is 48.5 Å². The second-order valence-electron chi connectivity index (χ2n) is 6.95. The van der Waals surface area contributed by atoms with Crippen molar-refractivity contribution < 1.29 is 14.6 Å². The van der Waals surface area contributed by atoms with Crippen LogP contribution in [0.5, 0.6) is 11.5 Å². The van der Waals surface area contributed by atoms with Crippen molar-refractivity contribution in [2.45, 2.75) is 32.5 Å². The summed E-state index contributed by atoms with van der Waals surface area (Å²) in [6.45, 7) is 6.83. The predicted molar refractivity (Wildman–Crippen MR) is 99.4 cm³/mol. The molecule has 0 radical (unpaired) electrons. The van der Waals surface area contributed by atoms with E-state index < -0.39 is 0 Å². The van der Waals surface area contributed by atoms with Gasteiger partial charge < -0.3 is 14.6 Å². The molecule has 1 N–H and O–H groups in total. The molecule has 1 aromatic heterocycles. The molecule has 0 aliphatic carbocycles. The summed E-state index contributed by atoms with van der Waals surface area (Å²) in [7, 11) is 0. The predicted octanol–water partition coefficient (Wildman–Crippen LogP) is 2.18. The minimum Gasteiger partial charge on any atom is -0.488 e. The van der Waals surface area contributed by atoms with E-state index in [1.807, 2.05) is 38.1 Å². The normalized spacial score (nSPS) is 20.5. The van der Waals surface area contributed by atoms with E-state index in [0.29, 0.717) is 13.2 Å². The van der Waals surface area contributed by atoms with Gasteiger partial charge in [0.2, 0.25) is 0 Å². The maximum atomic E-state index is 10.3. The van der Waals surface area contributed by atoms with Crippen LogP contribution in [0.4, 0.5) is 0 Å². The first kappa shape index (κ1) is 18.6. The third kappa shape index (κ3) is 5.16. The van der Waals surface area contributed by atoms with Crippen molar-refractivity contribution in [2.75, 3.05) is 26.2 Å². The number of aromatic nitrogens is 2. The molecule has 140 valence electrons. The molecule has 1 aliphatic rings. The zero-order valence-electron chi connectivity index (χ0n) is 15.4.